The van der Waals surface area contributed by atoms with Gasteiger partial charge in [-0.05, 0) is 42.7 Å². The average Bonchev–Trinajstić information content (AvgIpc) is 3.20. The number of carboxylic acid groups (broad SMARTS) is 1. The first-order chi connectivity index (χ1) is 12.9. The van der Waals surface area contributed by atoms with E-state index in [9.17, 15) is 18.3 Å². The highest BCUT2D eigenvalue weighted by Crippen LogP contribution is 2.25. The van der Waals surface area contributed by atoms with Crippen molar-refractivity contribution in [1.82, 2.24) is 9.71 Å². The van der Waals surface area contributed by atoms with Crippen LogP contribution in [0.25, 0.3) is 11.1 Å². The van der Waals surface area contributed by atoms with Crippen molar-refractivity contribution in [2.24, 2.45) is 0 Å². The molecular formula is C18H20N2O6S. The van der Waals surface area contributed by atoms with Gasteiger partial charge in [-0.3, -0.25) is 0 Å². The summed E-state index contributed by atoms with van der Waals surface area (Å²) in [5, 5.41) is 9.36. The molecule has 0 amide bonds. The van der Waals surface area contributed by atoms with Gasteiger partial charge in [0, 0.05) is 31.0 Å². The molecule has 1 saturated heterocycles. The number of pyridine rings is 1. The lowest BCUT2D eigenvalue weighted by atomic mass is 10.0. The molecule has 2 heterocycles. The SMILES string of the molecule is COc1ccc(-c2cc(C(=O)O)cc(S(=O)(=O)NC[C@H]3CCCO3)c2)cn1. The predicted octanol–water partition coefficient (Wildman–Crippen LogP) is 1.91. The van der Waals surface area contributed by atoms with Gasteiger partial charge in [-0.15, -0.1) is 0 Å². The van der Waals surface area contributed by atoms with Gasteiger partial charge < -0.3 is 14.6 Å². The molecule has 1 aromatic heterocycles. The van der Waals surface area contributed by atoms with Crippen LogP contribution in [0.4, 0.5) is 0 Å². The lowest BCUT2D eigenvalue weighted by molar-refractivity contribution is 0.0696. The molecular weight excluding hydrogens is 372 g/mol. The Bertz CT molecular complexity index is 921. The van der Waals surface area contributed by atoms with E-state index in [1.165, 1.54) is 25.4 Å². The Labute approximate surface area is 157 Å². The fraction of sp³-hybridized carbons (Fsp3) is 0.333. The monoisotopic (exact) mass is 392 g/mol. The Hall–Kier alpha value is -2.49. The molecule has 2 N–H and O–H groups in total. The van der Waals surface area contributed by atoms with Crippen LogP contribution in [0.5, 0.6) is 5.88 Å². The lowest BCUT2D eigenvalue weighted by Gasteiger charge is -2.13. The fourth-order valence-corrected chi connectivity index (χ4v) is 3.94. The summed E-state index contributed by atoms with van der Waals surface area (Å²) in [7, 11) is -2.40. The zero-order valence-corrected chi connectivity index (χ0v) is 15.5. The number of nitrogens with zero attached hydrogens (tertiary/aromatic N) is 1. The molecule has 9 heteroatoms. The number of rotatable bonds is 7. The second-order valence-electron chi connectivity index (χ2n) is 6.13. The van der Waals surface area contributed by atoms with E-state index in [4.69, 9.17) is 9.47 Å². The first-order valence-corrected chi connectivity index (χ1v) is 9.87. The summed E-state index contributed by atoms with van der Waals surface area (Å²) in [6.07, 6.45) is 3.03. The summed E-state index contributed by atoms with van der Waals surface area (Å²) in [6.45, 7) is 0.772. The summed E-state index contributed by atoms with van der Waals surface area (Å²) < 4.78 is 38.2. The summed E-state index contributed by atoms with van der Waals surface area (Å²) in [5.74, 6) is -0.812. The first kappa shape index (κ1) is 19.3. The van der Waals surface area contributed by atoms with Crippen molar-refractivity contribution in [2.75, 3.05) is 20.3 Å². The minimum Gasteiger partial charge on any atom is -0.481 e. The number of carboxylic acids is 1. The van der Waals surface area contributed by atoms with Crippen LogP contribution in [-0.2, 0) is 14.8 Å². The van der Waals surface area contributed by atoms with Gasteiger partial charge in [0.05, 0.1) is 23.7 Å². The minimum atomic E-state index is -3.89. The number of methoxy groups -OCH3 is 1. The second-order valence-corrected chi connectivity index (χ2v) is 7.89. The number of benzene rings is 1. The molecule has 0 bridgehead atoms. The van der Waals surface area contributed by atoms with Gasteiger partial charge in [0.15, 0.2) is 0 Å². The number of nitrogens with one attached hydrogen (secondary N) is 1. The van der Waals surface area contributed by atoms with Crippen molar-refractivity contribution in [3.05, 3.63) is 42.1 Å². The molecule has 1 aliphatic rings. The molecule has 1 atom stereocenters. The lowest BCUT2D eigenvalue weighted by Crippen LogP contribution is -2.32. The smallest absolute Gasteiger partial charge is 0.335 e. The van der Waals surface area contributed by atoms with Crippen LogP contribution < -0.4 is 9.46 Å². The maximum atomic E-state index is 12.7. The molecule has 0 radical (unpaired) electrons. The zero-order chi connectivity index (χ0) is 19.4. The second kappa shape index (κ2) is 8.03. The maximum Gasteiger partial charge on any atom is 0.335 e. The van der Waals surface area contributed by atoms with E-state index in [-0.39, 0.29) is 23.1 Å². The molecule has 1 aliphatic heterocycles. The number of hydrogen-bond acceptors (Lipinski definition) is 6. The van der Waals surface area contributed by atoms with Gasteiger partial charge in [0.25, 0.3) is 0 Å². The Morgan fingerprint density at radius 3 is 2.74 bits per heavy atom. The van der Waals surface area contributed by atoms with Crippen LogP contribution in [0.1, 0.15) is 23.2 Å². The van der Waals surface area contributed by atoms with Crippen LogP contribution in [-0.4, -0.2) is 50.8 Å². The van der Waals surface area contributed by atoms with Gasteiger partial charge >= 0.3 is 5.97 Å². The molecule has 8 nitrogen and oxygen atoms in total. The van der Waals surface area contributed by atoms with Crippen molar-refractivity contribution < 1.29 is 27.8 Å². The maximum absolute atomic E-state index is 12.7. The van der Waals surface area contributed by atoms with Gasteiger partial charge in [0.2, 0.25) is 15.9 Å². The highest BCUT2D eigenvalue weighted by atomic mass is 32.2. The third-order valence-corrected chi connectivity index (χ3v) is 5.67. The fourth-order valence-electron chi connectivity index (χ4n) is 2.81. The summed E-state index contributed by atoms with van der Waals surface area (Å²) >= 11 is 0. The summed E-state index contributed by atoms with van der Waals surface area (Å²) in [5.41, 5.74) is 0.887. The summed E-state index contributed by atoms with van der Waals surface area (Å²) in [6, 6.07) is 7.27. The van der Waals surface area contributed by atoms with E-state index in [1.807, 2.05) is 0 Å². The summed E-state index contributed by atoms with van der Waals surface area (Å²) in [4.78, 5) is 15.4. The van der Waals surface area contributed by atoms with Crippen molar-refractivity contribution in [3.8, 4) is 17.0 Å². The molecule has 27 heavy (non-hydrogen) atoms. The van der Waals surface area contributed by atoms with E-state index >= 15 is 0 Å². The molecule has 144 valence electrons. The third kappa shape index (κ3) is 4.62. The molecule has 0 spiro atoms. The predicted molar refractivity (Wildman–Crippen MR) is 97.3 cm³/mol. The number of sulfonamides is 1. The van der Waals surface area contributed by atoms with Crippen molar-refractivity contribution in [1.29, 1.82) is 0 Å². The number of ether oxygens (including phenoxy) is 2. The quantitative estimate of drug-likeness (QED) is 0.740. The Morgan fingerprint density at radius 2 is 2.15 bits per heavy atom. The highest BCUT2D eigenvalue weighted by molar-refractivity contribution is 7.89. The van der Waals surface area contributed by atoms with Gasteiger partial charge in [0.1, 0.15) is 0 Å². The number of aromatic nitrogens is 1. The number of aromatic carboxylic acids is 1. The highest BCUT2D eigenvalue weighted by Gasteiger charge is 2.22. The van der Waals surface area contributed by atoms with Crippen LogP contribution in [0.2, 0.25) is 0 Å². The molecule has 1 aromatic carbocycles. The van der Waals surface area contributed by atoms with Crippen molar-refractivity contribution in [3.63, 3.8) is 0 Å². The van der Waals surface area contributed by atoms with Crippen LogP contribution in [0, 0.1) is 0 Å². The van der Waals surface area contributed by atoms with Gasteiger partial charge in [-0.25, -0.2) is 22.9 Å². The number of hydrogen-bond donors (Lipinski definition) is 2. The first-order valence-electron chi connectivity index (χ1n) is 8.39. The van der Waals surface area contributed by atoms with Crippen LogP contribution >= 0.6 is 0 Å². The van der Waals surface area contributed by atoms with E-state index in [0.717, 1.165) is 18.9 Å². The van der Waals surface area contributed by atoms with E-state index in [1.54, 1.807) is 12.1 Å². The van der Waals surface area contributed by atoms with E-state index in [0.29, 0.717) is 23.6 Å². The third-order valence-electron chi connectivity index (χ3n) is 4.27. The zero-order valence-electron chi connectivity index (χ0n) is 14.7. The normalized spacial score (nSPS) is 17.0. The average molecular weight is 392 g/mol. The molecule has 2 aromatic rings. The van der Waals surface area contributed by atoms with Gasteiger partial charge in [-0.2, -0.15) is 0 Å². The Kier molecular flexibility index (Phi) is 5.73. The minimum absolute atomic E-state index is 0.119. The van der Waals surface area contributed by atoms with Gasteiger partial charge in [-0.1, -0.05) is 0 Å². The van der Waals surface area contributed by atoms with Crippen molar-refractivity contribution >= 4 is 16.0 Å². The van der Waals surface area contributed by atoms with Crippen LogP contribution in [0.15, 0.2) is 41.4 Å². The molecule has 1 fully saturated rings. The van der Waals surface area contributed by atoms with Crippen LogP contribution in [0.3, 0.4) is 0 Å². The number of carbonyl (C=O) groups is 1. The Balaban J connectivity index is 1.93. The van der Waals surface area contributed by atoms with E-state index < -0.39 is 16.0 Å². The standard InChI is InChI=1S/C18H20N2O6S/c1-25-17-5-4-12(10-19-17)13-7-14(18(21)22)9-16(8-13)27(23,24)20-11-15-3-2-6-26-15/h4-5,7-10,15,20H,2-3,6,11H2,1H3,(H,21,22)/t15-/m1/s1. The molecule has 0 unspecified atom stereocenters. The topological polar surface area (TPSA) is 115 Å². The largest absolute Gasteiger partial charge is 0.481 e. The van der Waals surface area contributed by atoms with Crippen molar-refractivity contribution in [2.45, 2.75) is 23.8 Å². The molecule has 3 rings (SSSR count). The molecule has 0 aliphatic carbocycles. The Morgan fingerprint density at radius 1 is 1.33 bits per heavy atom. The molecule has 0 saturated carbocycles. The van der Waals surface area contributed by atoms with E-state index in [2.05, 4.69) is 9.71 Å².